The highest BCUT2D eigenvalue weighted by molar-refractivity contribution is 9.10. The first kappa shape index (κ1) is 15.0. The van der Waals surface area contributed by atoms with E-state index in [0.29, 0.717) is 5.92 Å². The Kier molecular flexibility index (Phi) is 4.62. The Labute approximate surface area is 137 Å². The summed E-state index contributed by atoms with van der Waals surface area (Å²) < 4.78 is 6.26. The van der Waals surface area contributed by atoms with Crippen molar-refractivity contribution in [2.45, 2.75) is 32.2 Å². The van der Waals surface area contributed by atoms with Gasteiger partial charge in [-0.1, -0.05) is 6.92 Å². The summed E-state index contributed by atoms with van der Waals surface area (Å²) >= 11 is 5.36. The van der Waals surface area contributed by atoms with Crippen LogP contribution in [-0.4, -0.2) is 18.6 Å². The minimum atomic E-state index is 0.686. The van der Waals surface area contributed by atoms with Gasteiger partial charge in [0.25, 0.3) is 0 Å². The van der Waals surface area contributed by atoms with Crippen LogP contribution < -0.4 is 10.1 Å². The third kappa shape index (κ3) is 3.30. The van der Waals surface area contributed by atoms with Crippen LogP contribution >= 0.6 is 27.3 Å². The Hall–Kier alpha value is -0.910. The molecule has 2 aromatic rings. The number of thiazole rings is 1. The summed E-state index contributed by atoms with van der Waals surface area (Å²) in [5.41, 5.74) is 2.46. The van der Waals surface area contributed by atoms with Gasteiger partial charge in [-0.15, -0.1) is 11.3 Å². The van der Waals surface area contributed by atoms with E-state index in [1.807, 2.05) is 17.4 Å². The van der Waals surface area contributed by atoms with Crippen LogP contribution in [0.1, 0.15) is 36.3 Å². The van der Waals surface area contributed by atoms with E-state index in [9.17, 15) is 0 Å². The van der Waals surface area contributed by atoms with Gasteiger partial charge < -0.3 is 10.1 Å². The average Bonchev–Trinajstić information content (AvgIpc) is 3.25. The molecule has 0 unspecified atom stereocenters. The van der Waals surface area contributed by atoms with Crippen LogP contribution in [-0.2, 0) is 6.54 Å². The normalized spacial score (nSPS) is 14.4. The average molecular weight is 367 g/mol. The molecular weight excluding hydrogens is 348 g/mol. The fourth-order valence-electron chi connectivity index (χ4n) is 2.33. The van der Waals surface area contributed by atoms with Crippen molar-refractivity contribution < 1.29 is 4.74 Å². The summed E-state index contributed by atoms with van der Waals surface area (Å²) in [7, 11) is 1.68. The van der Waals surface area contributed by atoms with Gasteiger partial charge in [-0.25, -0.2) is 4.98 Å². The zero-order valence-electron chi connectivity index (χ0n) is 12.3. The van der Waals surface area contributed by atoms with Crippen molar-refractivity contribution in [1.82, 2.24) is 10.3 Å². The van der Waals surface area contributed by atoms with Crippen LogP contribution in [0.15, 0.2) is 22.7 Å². The highest BCUT2D eigenvalue weighted by atomic mass is 79.9. The molecule has 1 fully saturated rings. The molecule has 0 saturated heterocycles. The molecule has 0 spiro atoms. The van der Waals surface area contributed by atoms with Gasteiger partial charge in [0.05, 0.1) is 17.3 Å². The molecule has 5 heteroatoms. The fourth-order valence-corrected chi connectivity index (χ4v) is 3.98. The van der Waals surface area contributed by atoms with Crippen LogP contribution in [0.5, 0.6) is 5.75 Å². The topological polar surface area (TPSA) is 34.1 Å². The maximum absolute atomic E-state index is 5.29. The van der Waals surface area contributed by atoms with E-state index in [1.165, 1.54) is 23.4 Å². The van der Waals surface area contributed by atoms with Crippen LogP contribution in [0.3, 0.4) is 0 Å². The minimum absolute atomic E-state index is 0.686. The molecule has 3 nitrogen and oxygen atoms in total. The van der Waals surface area contributed by atoms with E-state index in [0.717, 1.165) is 33.9 Å². The lowest BCUT2D eigenvalue weighted by Crippen LogP contribution is -2.11. The van der Waals surface area contributed by atoms with Crippen molar-refractivity contribution in [1.29, 1.82) is 0 Å². The number of rotatable bonds is 6. The van der Waals surface area contributed by atoms with Crippen molar-refractivity contribution in [3.05, 3.63) is 33.2 Å². The Morgan fingerprint density at radius 3 is 2.86 bits per heavy atom. The quantitative estimate of drug-likeness (QED) is 0.812. The number of nitrogens with zero attached hydrogens (tertiary/aromatic N) is 1. The molecule has 3 rings (SSSR count). The molecule has 0 aliphatic heterocycles. The van der Waals surface area contributed by atoms with Crippen molar-refractivity contribution in [3.8, 4) is 16.3 Å². The summed E-state index contributed by atoms with van der Waals surface area (Å²) in [6.45, 7) is 4.06. The SMILES string of the molecule is CCNCc1sc(-c2ccc(OC)c(Br)c2)nc1C1CC1. The Balaban J connectivity index is 1.92. The predicted molar refractivity (Wildman–Crippen MR) is 91.2 cm³/mol. The number of benzene rings is 1. The molecule has 0 bridgehead atoms. The molecular formula is C16H19BrN2OS. The number of ether oxygens (including phenoxy) is 1. The smallest absolute Gasteiger partial charge is 0.133 e. The van der Waals surface area contributed by atoms with Crippen LogP contribution in [0, 0.1) is 0 Å². The van der Waals surface area contributed by atoms with Gasteiger partial charge in [-0.2, -0.15) is 0 Å². The number of methoxy groups -OCH3 is 1. The van der Waals surface area contributed by atoms with E-state index in [4.69, 9.17) is 9.72 Å². The maximum atomic E-state index is 5.29. The van der Waals surface area contributed by atoms with Crippen molar-refractivity contribution in [2.24, 2.45) is 0 Å². The molecule has 0 radical (unpaired) electrons. The van der Waals surface area contributed by atoms with Gasteiger partial charge >= 0.3 is 0 Å². The lowest BCUT2D eigenvalue weighted by molar-refractivity contribution is 0.412. The monoisotopic (exact) mass is 366 g/mol. The first-order valence-electron chi connectivity index (χ1n) is 7.27. The molecule has 0 atom stereocenters. The Morgan fingerprint density at radius 1 is 1.43 bits per heavy atom. The molecule has 1 heterocycles. The molecule has 1 aromatic carbocycles. The lowest BCUT2D eigenvalue weighted by atomic mass is 10.2. The third-order valence-corrected chi connectivity index (χ3v) is 5.37. The minimum Gasteiger partial charge on any atom is -0.496 e. The van der Waals surface area contributed by atoms with Crippen LogP contribution in [0.4, 0.5) is 0 Å². The van der Waals surface area contributed by atoms with Gasteiger partial charge in [-0.3, -0.25) is 0 Å². The number of hydrogen-bond donors (Lipinski definition) is 1. The van der Waals surface area contributed by atoms with E-state index in [1.54, 1.807) is 7.11 Å². The molecule has 1 saturated carbocycles. The molecule has 1 aliphatic rings. The second-order valence-corrected chi connectivity index (χ2v) is 7.17. The maximum Gasteiger partial charge on any atom is 0.133 e. The predicted octanol–water partition coefficient (Wildman–Crippen LogP) is 4.57. The fraction of sp³-hybridized carbons (Fsp3) is 0.438. The van der Waals surface area contributed by atoms with E-state index < -0.39 is 0 Å². The molecule has 1 N–H and O–H groups in total. The zero-order valence-corrected chi connectivity index (χ0v) is 14.7. The number of halogens is 1. The van der Waals surface area contributed by atoms with Crippen molar-refractivity contribution >= 4 is 27.3 Å². The molecule has 112 valence electrons. The highest BCUT2D eigenvalue weighted by Gasteiger charge is 2.29. The number of nitrogens with one attached hydrogen (secondary N) is 1. The van der Waals surface area contributed by atoms with E-state index in [2.05, 4.69) is 40.3 Å². The van der Waals surface area contributed by atoms with Crippen LogP contribution in [0.25, 0.3) is 10.6 Å². The summed E-state index contributed by atoms with van der Waals surface area (Å²) in [5, 5.41) is 4.53. The van der Waals surface area contributed by atoms with Crippen LogP contribution in [0.2, 0.25) is 0 Å². The second kappa shape index (κ2) is 6.46. The Bertz CT molecular complexity index is 637. The van der Waals surface area contributed by atoms with Crippen molar-refractivity contribution in [3.63, 3.8) is 0 Å². The summed E-state index contributed by atoms with van der Waals surface area (Å²) in [4.78, 5) is 6.30. The highest BCUT2D eigenvalue weighted by Crippen LogP contribution is 2.44. The standard InChI is InChI=1S/C16H19BrN2OS/c1-3-18-9-14-15(10-4-5-10)19-16(21-14)11-6-7-13(20-2)12(17)8-11/h6-8,10,18H,3-5,9H2,1-2H3. The summed E-state index contributed by atoms with van der Waals surface area (Å²) in [5.74, 6) is 1.54. The van der Waals surface area contributed by atoms with Gasteiger partial charge in [0, 0.05) is 22.9 Å². The first-order chi connectivity index (χ1) is 10.2. The van der Waals surface area contributed by atoms with Gasteiger partial charge in [-0.05, 0) is 53.5 Å². The molecule has 0 amide bonds. The van der Waals surface area contributed by atoms with Gasteiger partial charge in [0.15, 0.2) is 0 Å². The summed E-state index contributed by atoms with van der Waals surface area (Å²) in [6, 6.07) is 6.16. The molecule has 1 aliphatic carbocycles. The Morgan fingerprint density at radius 2 is 2.24 bits per heavy atom. The zero-order chi connectivity index (χ0) is 14.8. The van der Waals surface area contributed by atoms with Gasteiger partial charge in [0.2, 0.25) is 0 Å². The number of hydrogen-bond acceptors (Lipinski definition) is 4. The molecule has 1 aromatic heterocycles. The van der Waals surface area contributed by atoms with Gasteiger partial charge in [0.1, 0.15) is 10.8 Å². The number of aromatic nitrogens is 1. The lowest BCUT2D eigenvalue weighted by Gasteiger charge is -2.04. The van der Waals surface area contributed by atoms with E-state index >= 15 is 0 Å². The third-order valence-electron chi connectivity index (χ3n) is 3.63. The largest absolute Gasteiger partial charge is 0.496 e. The molecule has 21 heavy (non-hydrogen) atoms. The van der Waals surface area contributed by atoms with Crippen molar-refractivity contribution in [2.75, 3.05) is 13.7 Å². The summed E-state index contributed by atoms with van der Waals surface area (Å²) in [6.07, 6.45) is 2.57. The second-order valence-electron chi connectivity index (χ2n) is 5.23. The van der Waals surface area contributed by atoms with E-state index in [-0.39, 0.29) is 0 Å². The first-order valence-corrected chi connectivity index (χ1v) is 8.88.